The number of ether oxygens (including phenoxy) is 2. The molecular weight excluding hydrogens is 406 g/mol. The zero-order valence-electron chi connectivity index (χ0n) is 18.8. The molecule has 0 radical (unpaired) electrons. The Morgan fingerprint density at radius 1 is 1.19 bits per heavy atom. The second-order valence-electron chi connectivity index (χ2n) is 7.84. The molecule has 0 spiro atoms. The van der Waals surface area contributed by atoms with E-state index < -0.39 is 0 Å². The van der Waals surface area contributed by atoms with Crippen LogP contribution in [0.15, 0.2) is 52.2 Å². The molecule has 0 saturated carbocycles. The van der Waals surface area contributed by atoms with E-state index in [-0.39, 0.29) is 5.97 Å². The maximum atomic E-state index is 12.0. The van der Waals surface area contributed by atoms with E-state index in [0.29, 0.717) is 25.1 Å². The number of fused-ring (bicyclic) bond motifs is 1. The Bertz CT molecular complexity index is 1150. The van der Waals surface area contributed by atoms with E-state index in [2.05, 4.69) is 9.88 Å². The first-order valence-corrected chi connectivity index (χ1v) is 10.6. The lowest BCUT2D eigenvalue weighted by Gasteiger charge is -2.30. The average molecular weight is 434 g/mol. The highest BCUT2D eigenvalue weighted by atomic mass is 16.5. The third-order valence-corrected chi connectivity index (χ3v) is 5.74. The highest BCUT2D eigenvalue weighted by molar-refractivity contribution is 5.92. The smallest absolute Gasteiger partial charge is 0.337 e. The first-order chi connectivity index (χ1) is 15.5. The lowest BCUT2D eigenvalue weighted by molar-refractivity contribution is 0.0600. The number of carbonyl (C=O) groups excluding carboxylic acids is 1. The number of rotatable bonds is 7. The molecule has 1 aromatic carbocycles. The molecule has 0 aliphatic carbocycles. The Morgan fingerprint density at radius 2 is 2.03 bits per heavy atom. The van der Waals surface area contributed by atoms with Crippen molar-refractivity contribution in [2.24, 2.45) is 4.99 Å². The summed E-state index contributed by atoms with van der Waals surface area (Å²) < 4.78 is 16.0. The van der Waals surface area contributed by atoms with Crippen LogP contribution in [0.2, 0.25) is 0 Å². The summed E-state index contributed by atoms with van der Waals surface area (Å²) in [5, 5.41) is 0. The SMILES string of the molecule is COC(=O)c1ccc2c(c1)N=C(CCc1ncc(C)c(OC)c1C)N(Cc1ccco1)C2. The number of pyridine rings is 1. The molecule has 0 fully saturated rings. The lowest BCUT2D eigenvalue weighted by Crippen LogP contribution is -2.32. The third kappa shape index (κ3) is 4.37. The van der Waals surface area contributed by atoms with Crippen LogP contribution in [0.4, 0.5) is 5.69 Å². The summed E-state index contributed by atoms with van der Waals surface area (Å²) >= 11 is 0. The minimum atomic E-state index is -0.367. The molecule has 32 heavy (non-hydrogen) atoms. The average Bonchev–Trinajstić information content (AvgIpc) is 3.31. The maximum Gasteiger partial charge on any atom is 0.337 e. The van der Waals surface area contributed by atoms with Crippen molar-refractivity contribution in [2.45, 2.75) is 39.8 Å². The van der Waals surface area contributed by atoms with Gasteiger partial charge in [-0.2, -0.15) is 0 Å². The van der Waals surface area contributed by atoms with Crippen LogP contribution in [0, 0.1) is 13.8 Å². The Kier molecular flexibility index (Phi) is 6.25. The zero-order valence-corrected chi connectivity index (χ0v) is 18.8. The van der Waals surface area contributed by atoms with E-state index >= 15 is 0 Å². The summed E-state index contributed by atoms with van der Waals surface area (Å²) in [6, 6.07) is 9.36. The molecule has 2 aromatic heterocycles. The largest absolute Gasteiger partial charge is 0.496 e. The summed E-state index contributed by atoms with van der Waals surface area (Å²) in [5.41, 5.74) is 5.41. The Labute approximate surface area is 187 Å². The van der Waals surface area contributed by atoms with Gasteiger partial charge in [0, 0.05) is 36.0 Å². The quantitative estimate of drug-likeness (QED) is 0.500. The number of esters is 1. The molecule has 0 bridgehead atoms. The number of carbonyl (C=O) groups is 1. The topological polar surface area (TPSA) is 77.2 Å². The van der Waals surface area contributed by atoms with Gasteiger partial charge in [0.25, 0.3) is 0 Å². The van der Waals surface area contributed by atoms with Crippen LogP contribution in [-0.4, -0.2) is 35.9 Å². The fourth-order valence-corrected chi connectivity index (χ4v) is 4.06. The van der Waals surface area contributed by atoms with Gasteiger partial charge in [0.15, 0.2) is 0 Å². The molecule has 0 unspecified atom stereocenters. The van der Waals surface area contributed by atoms with E-state index in [0.717, 1.165) is 51.8 Å². The van der Waals surface area contributed by atoms with Crippen LogP contribution in [-0.2, 0) is 24.2 Å². The standard InChI is InChI=1S/C25H27N3O4/c1-16-13-26-21(17(2)24(16)30-3)9-10-23-27-22-12-18(25(29)31-4)7-8-19(22)14-28(23)15-20-6-5-11-32-20/h5-8,11-13H,9-10,14-15H2,1-4H3. The van der Waals surface area contributed by atoms with Crippen molar-refractivity contribution in [3.8, 4) is 5.75 Å². The predicted octanol–water partition coefficient (Wildman–Crippen LogP) is 4.77. The number of methoxy groups -OCH3 is 2. The Hall–Kier alpha value is -3.61. The number of aliphatic imine (C=N–C) groups is 1. The number of nitrogens with zero attached hydrogens (tertiary/aromatic N) is 3. The number of amidine groups is 1. The van der Waals surface area contributed by atoms with Crippen molar-refractivity contribution in [1.29, 1.82) is 0 Å². The van der Waals surface area contributed by atoms with Gasteiger partial charge in [-0.25, -0.2) is 9.79 Å². The van der Waals surface area contributed by atoms with E-state index in [1.54, 1.807) is 25.5 Å². The Morgan fingerprint density at radius 3 is 2.75 bits per heavy atom. The van der Waals surface area contributed by atoms with Gasteiger partial charge in [0.1, 0.15) is 17.3 Å². The molecule has 7 heteroatoms. The summed E-state index contributed by atoms with van der Waals surface area (Å²) in [4.78, 5) is 23.7. The Balaban J connectivity index is 1.64. The van der Waals surface area contributed by atoms with Gasteiger partial charge in [-0.3, -0.25) is 4.98 Å². The van der Waals surface area contributed by atoms with Crippen LogP contribution in [0.3, 0.4) is 0 Å². The molecule has 3 aromatic rings. The molecule has 0 N–H and O–H groups in total. The van der Waals surface area contributed by atoms with Gasteiger partial charge in [0.2, 0.25) is 0 Å². The van der Waals surface area contributed by atoms with Gasteiger partial charge in [-0.15, -0.1) is 0 Å². The number of aromatic nitrogens is 1. The van der Waals surface area contributed by atoms with Crippen molar-refractivity contribution in [1.82, 2.24) is 9.88 Å². The second-order valence-corrected chi connectivity index (χ2v) is 7.84. The van der Waals surface area contributed by atoms with Gasteiger partial charge >= 0.3 is 5.97 Å². The molecule has 4 rings (SSSR count). The number of hydrogen-bond donors (Lipinski definition) is 0. The number of aryl methyl sites for hydroxylation is 2. The van der Waals surface area contributed by atoms with Crippen LogP contribution < -0.4 is 4.74 Å². The summed E-state index contributed by atoms with van der Waals surface area (Å²) in [6.07, 6.45) is 4.95. The first-order valence-electron chi connectivity index (χ1n) is 10.6. The fraction of sp³-hybridized carbons (Fsp3) is 0.320. The number of hydrogen-bond acceptors (Lipinski definition) is 7. The molecule has 1 aliphatic rings. The van der Waals surface area contributed by atoms with Crippen LogP contribution in [0.5, 0.6) is 5.75 Å². The monoisotopic (exact) mass is 433 g/mol. The molecule has 7 nitrogen and oxygen atoms in total. The third-order valence-electron chi connectivity index (χ3n) is 5.74. The predicted molar refractivity (Wildman–Crippen MR) is 121 cm³/mol. The highest BCUT2D eigenvalue weighted by Crippen LogP contribution is 2.31. The minimum Gasteiger partial charge on any atom is -0.496 e. The van der Waals surface area contributed by atoms with Gasteiger partial charge in [-0.1, -0.05) is 6.07 Å². The van der Waals surface area contributed by atoms with Gasteiger partial charge in [-0.05, 0) is 50.1 Å². The van der Waals surface area contributed by atoms with Gasteiger partial charge < -0.3 is 18.8 Å². The normalized spacial score (nSPS) is 12.9. The molecule has 3 heterocycles. The second kappa shape index (κ2) is 9.26. The zero-order chi connectivity index (χ0) is 22.7. The molecule has 166 valence electrons. The number of furan rings is 1. The molecule has 0 saturated heterocycles. The van der Waals surface area contributed by atoms with Crippen molar-refractivity contribution in [3.05, 3.63) is 76.5 Å². The van der Waals surface area contributed by atoms with Crippen LogP contribution in [0.1, 0.15) is 44.9 Å². The number of benzene rings is 1. The maximum absolute atomic E-state index is 12.0. The van der Waals surface area contributed by atoms with Crippen molar-refractivity contribution >= 4 is 17.5 Å². The minimum absolute atomic E-state index is 0.367. The first kappa shape index (κ1) is 21.6. The van der Waals surface area contributed by atoms with E-state index in [9.17, 15) is 4.79 Å². The molecule has 0 amide bonds. The van der Waals surface area contributed by atoms with Crippen molar-refractivity contribution in [3.63, 3.8) is 0 Å². The van der Waals surface area contributed by atoms with Crippen molar-refractivity contribution in [2.75, 3.05) is 14.2 Å². The molecule has 0 atom stereocenters. The summed E-state index contributed by atoms with van der Waals surface area (Å²) in [5.74, 6) is 2.31. The van der Waals surface area contributed by atoms with Crippen LogP contribution in [0.25, 0.3) is 0 Å². The van der Waals surface area contributed by atoms with Crippen molar-refractivity contribution < 1.29 is 18.7 Å². The van der Waals surface area contributed by atoms with Gasteiger partial charge in [0.05, 0.1) is 38.3 Å². The van der Waals surface area contributed by atoms with E-state index in [1.165, 1.54) is 7.11 Å². The lowest BCUT2D eigenvalue weighted by atomic mass is 10.0. The van der Waals surface area contributed by atoms with E-state index in [1.807, 2.05) is 38.2 Å². The molecule has 1 aliphatic heterocycles. The van der Waals surface area contributed by atoms with E-state index in [4.69, 9.17) is 18.9 Å². The summed E-state index contributed by atoms with van der Waals surface area (Å²) in [6.45, 7) is 5.33. The molecular formula is C25H27N3O4. The fourth-order valence-electron chi connectivity index (χ4n) is 4.06. The highest BCUT2D eigenvalue weighted by Gasteiger charge is 2.23. The summed E-state index contributed by atoms with van der Waals surface area (Å²) in [7, 11) is 3.07. The van der Waals surface area contributed by atoms with Crippen LogP contribution >= 0.6 is 0 Å².